The predicted molar refractivity (Wildman–Crippen MR) is 108 cm³/mol. The second-order valence-corrected chi connectivity index (χ2v) is 8.05. The van der Waals surface area contributed by atoms with Gasteiger partial charge in [0.2, 0.25) is 0 Å². The molecule has 1 amide bonds. The summed E-state index contributed by atoms with van der Waals surface area (Å²) in [4.78, 5) is 12.7. The molecule has 2 aromatic rings. The van der Waals surface area contributed by atoms with Gasteiger partial charge < -0.3 is 4.74 Å². The van der Waals surface area contributed by atoms with E-state index in [2.05, 4.69) is 23.6 Å². The molecule has 2 aromatic carbocycles. The number of carbonyl (C=O) groups is 1. The number of rotatable bonds is 5. The van der Waals surface area contributed by atoms with Crippen molar-refractivity contribution in [3.05, 3.63) is 71.3 Å². The molecule has 0 aliphatic carbocycles. The molecule has 5 nitrogen and oxygen atoms in total. The van der Waals surface area contributed by atoms with E-state index in [4.69, 9.17) is 4.74 Å². The van der Waals surface area contributed by atoms with Crippen LogP contribution in [0.5, 0.6) is 0 Å². The van der Waals surface area contributed by atoms with Gasteiger partial charge in [0.05, 0.1) is 17.7 Å². The number of nitriles is 1. The summed E-state index contributed by atoms with van der Waals surface area (Å²) in [5, 5.41) is 11.6. The number of nitrogens with zero attached hydrogens (tertiary/aromatic N) is 2. The van der Waals surface area contributed by atoms with Gasteiger partial charge in [0.25, 0.3) is 5.91 Å². The Morgan fingerprint density at radius 2 is 1.89 bits per heavy atom. The van der Waals surface area contributed by atoms with Crippen LogP contribution in [0, 0.1) is 11.3 Å². The molecule has 1 aliphatic rings. The third kappa shape index (κ3) is 4.98. The normalized spacial score (nSPS) is 18.0. The van der Waals surface area contributed by atoms with E-state index in [1.807, 2.05) is 56.1 Å². The van der Waals surface area contributed by atoms with Crippen LogP contribution in [0.4, 0.5) is 0 Å². The van der Waals surface area contributed by atoms with E-state index in [1.54, 1.807) is 12.1 Å². The van der Waals surface area contributed by atoms with Crippen molar-refractivity contribution in [3.8, 4) is 6.07 Å². The number of nitrogens with one attached hydrogen (secondary N) is 1. The van der Waals surface area contributed by atoms with E-state index in [9.17, 15) is 10.1 Å². The summed E-state index contributed by atoms with van der Waals surface area (Å²) in [6.07, 6.45) is 0.770. The smallest absolute Gasteiger partial charge is 0.265 e. The van der Waals surface area contributed by atoms with Crippen LogP contribution in [-0.4, -0.2) is 29.2 Å². The molecule has 0 saturated carbocycles. The Morgan fingerprint density at radius 3 is 2.57 bits per heavy atom. The standard InChI is InChI=1S/C23H27N3O2/c1-23(2,3)28-19(16-24)15-21-20-12-8-7-9-17(20)13-14-26(21)25-22(27)18-10-5-4-6-11-18/h4-12,19,21H,13-15H2,1-3H3,(H,25,27)/t19-,21-/m1/s1. The summed E-state index contributed by atoms with van der Waals surface area (Å²) in [6, 6.07) is 19.6. The summed E-state index contributed by atoms with van der Waals surface area (Å²) in [5.74, 6) is -0.143. The zero-order valence-corrected chi connectivity index (χ0v) is 16.7. The maximum atomic E-state index is 12.7. The molecule has 1 N–H and O–H groups in total. The zero-order valence-electron chi connectivity index (χ0n) is 16.7. The Hall–Kier alpha value is -2.68. The van der Waals surface area contributed by atoms with Gasteiger partial charge in [-0.15, -0.1) is 0 Å². The monoisotopic (exact) mass is 377 g/mol. The fourth-order valence-corrected chi connectivity index (χ4v) is 3.58. The minimum atomic E-state index is -0.563. The molecule has 1 heterocycles. The number of hydrazine groups is 1. The highest BCUT2D eigenvalue weighted by molar-refractivity contribution is 5.93. The number of amides is 1. The Kier molecular flexibility index (Phi) is 6.13. The van der Waals surface area contributed by atoms with Crippen LogP contribution < -0.4 is 5.43 Å². The van der Waals surface area contributed by atoms with E-state index < -0.39 is 11.7 Å². The topological polar surface area (TPSA) is 65.4 Å². The van der Waals surface area contributed by atoms with Crippen molar-refractivity contribution in [3.63, 3.8) is 0 Å². The quantitative estimate of drug-likeness (QED) is 0.854. The number of ether oxygens (including phenoxy) is 1. The first-order valence-electron chi connectivity index (χ1n) is 9.65. The maximum Gasteiger partial charge on any atom is 0.265 e. The molecule has 28 heavy (non-hydrogen) atoms. The number of benzene rings is 2. The number of carbonyl (C=O) groups excluding carboxylic acids is 1. The molecule has 0 spiro atoms. The summed E-state index contributed by atoms with van der Waals surface area (Å²) < 4.78 is 5.94. The lowest BCUT2D eigenvalue weighted by atomic mass is 9.90. The van der Waals surface area contributed by atoms with Crippen molar-refractivity contribution in [1.29, 1.82) is 5.26 Å². The minimum absolute atomic E-state index is 0.121. The first-order valence-corrected chi connectivity index (χ1v) is 9.65. The van der Waals surface area contributed by atoms with Gasteiger partial charge in [0, 0.05) is 18.5 Å². The van der Waals surface area contributed by atoms with Crippen LogP contribution in [0.15, 0.2) is 54.6 Å². The van der Waals surface area contributed by atoms with Gasteiger partial charge in [0.15, 0.2) is 0 Å². The zero-order chi connectivity index (χ0) is 20.1. The second kappa shape index (κ2) is 8.55. The van der Waals surface area contributed by atoms with Crippen LogP contribution in [0.25, 0.3) is 0 Å². The summed E-state index contributed by atoms with van der Waals surface area (Å²) in [7, 11) is 0. The first kappa shape index (κ1) is 20.1. The molecule has 0 radical (unpaired) electrons. The van der Waals surface area contributed by atoms with Gasteiger partial charge in [-0.05, 0) is 50.5 Å². The Balaban J connectivity index is 1.84. The van der Waals surface area contributed by atoms with Crippen LogP contribution in [0.2, 0.25) is 0 Å². The largest absolute Gasteiger partial charge is 0.358 e. The van der Waals surface area contributed by atoms with Crippen molar-refractivity contribution in [2.45, 2.75) is 51.4 Å². The fourth-order valence-electron chi connectivity index (χ4n) is 3.58. The van der Waals surface area contributed by atoms with Gasteiger partial charge in [-0.1, -0.05) is 42.5 Å². The molecule has 146 valence electrons. The second-order valence-electron chi connectivity index (χ2n) is 8.05. The molecule has 2 atom stereocenters. The van der Waals surface area contributed by atoms with E-state index >= 15 is 0 Å². The van der Waals surface area contributed by atoms with Gasteiger partial charge in [-0.3, -0.25) is 10.2 Å². The Bertz CT molecular complexity index is 852. The average molecular weight is 377 g/mol. The molecule has 1 aliphatic heterocycles. The highest BCUT2D eigenvalue weighted by Crippen LogP contribution is 2.33. The van der Waals surface area contributed by atoms with Crippen molar-refractivity contribution in [1.82, 2.24) is 10.4 Å². The lowest BCUT2D eigenvalue weighted by molar-refractivity contribution is -0.0510. The highest BCUT2D eigenvalue weighted by atomic mass is 16.5. The minimum Gasteiger partial charge on any atom is -0.358 e. The number of hydrogen-bond donors (Lipinski definition) is 1. The van der Waals surface area contributed by atoms with Crippen LogP contribution in [-0.2, 0) is 11.2 Å². The van der Waals surface area contributed by atoms with Crippen LogP contribution >= 0.6 is 0 Å². The molecule has 3 rings (SSSR count). The van der Waals surface area contributed by atoms with Gasteiger partial charge >= 0.3 is 0 Å². The van der Waals surface area contributed by atoms with Crippen molar-refractivity contribution >= 4 is 5.91 Å². The Labute approximate surface area is 166 Å². The van der Waals surface area contributed by atoms with E-state index in [0.29, 0.717) is 18.5 Å². The molecule has 0 aromatic heterocycles. The maximum absolute atomic E-state index is 12.7. The van der Waals surface area contributed by atoms with Gasteiger partial charge in [-0.2, -0.15) is 5.26 Å². The molecular weight excluding hydrogens is 350 g/mol. The molecule has 0 unspecified atom stereocenters. The van der Waals surface area contributed by atoms with E-state index in [1.165, 1.54) is 5.56 Å². The lowest BCUT2D eigenvalue weighted by Gasteiger charge is -2.38. The third-order valence-electron chi connectivity index (χ3n) is 4.77. The number of hydrogen-bond acceptors (Lipinski definition) is 4. The number of fused-ring (bicyclic) bond motifs is 1. The molecule has 0 bridgehead atoms. The molecule has 0 fully saturated rings. The summed E-state index contributed by atoms with van der Waals surface area (Å²) >= 11 is 0. The fraction of sp³-hybridized carbons (Fsp3) is 0.391. The lowest BCUT2D eigenvalue weighted by Crippen LogP contribution is -2.49. The average Bonchev–Trinajstić information content (AvgIpc) is 2.68. The van der Waals surface area contributed by atoms with Crippen LogP contribution in [0.3, 0.4) is 0 Å². The highest BCUT2D eigenvalue weighted by Gasteiger charge is 2.32. The van der Waals surface area contributed by atoms with E-state index in [-0.39, 0.29) is 11.9 Å². The van der Waals surface area contributed by atoms with E-state index in [0.717, 1.165) is 12.0 Å². The van der Waals surface area contributed by atoms with Crippen molar-refractivity contribution in [2.75, 3.05) is 6.54 Å². The van der Waals surface area contributed by atoms with Crippen molar-refractivity contribution in [2.24, 2.45) is 0 Å². The Morgan fingerprint density at radius 1 is 1.21 bits per heavy atom. The first-order chi connectivity index (χ1) is 13.4. The molecule has 5 heteroatoms. The summed E-state index contributed by atoms with van der Waals surface area (Å²) in [5.41, 5.74) is 5.65. The molecular formula is C23H27N3O2. The third-order valence-corrected chi connectivity index (χ3v) is 4.77. The predicted octanol–water partition coefficient (Wildman–Crippen LogP) is 4.03. The van der Waals surface area contributed by atoms with Crippen molar-refractivity contribution < 1.29 is 9.53 Å². The van der Waals surface area contributed by atoms with Gasteiger partial charge in [-0.25, -0.2) is 5.01 Å². The van der Waals surface area contributed by atoms with Gasteiger partial charge in [0.1, 0.15) is 6.10 Å². The summed E-state index contributed by atoms with van der Waals surface area (Å²) in [6.45, 7) is 6.53. The molecule has 0 saturated heterocycles. The SMILES string of the molecule is CC(C)(C)O[C@@H](C#N)C[C@@H]1c2ccccc2CCN1NC(=O)c1ccccc1. The van der Waals surface area contributed by atoms with Crippen LogP contribution in [0.1, 0.15) is 54.7 Å².